The van der Waals surface area contributed by atoms with Crippen LogP contribution in [-0.4, -0.2) is 16.6 Å². The Morgan fingerprint density at radius 2 is 1.84 bits per heavy atom. The van der Waals surface area contributed by atoms with Gasteiger partial charge in [0.15, 0.2) is 27.9 Å². The van der Waals surface area contributed by atoms with Gasteiger partial charge in [-0.25, -0.2) is 4.98 Å². The van der Waals surface area contributed by atoms with E-state index in [1.54, 1.807) is 18.2 Å². The molecule has 2 heterocycles. The van der Waals surface area contributed by atoms with Crippen LogP contribution in [0.1, 0.15) is 56.8 Å². The minimum absolute atomic E-state index is 0.157. The largest absolute Gasteiger partial charge is 0.439 e. The second-order valence-corrected chi connectivity index (χ2v) is 7.86. The Hall–Kier alpha value is -2.24. The molecule has 0 radical (unpaired) electrons. The van der Waals surface area contributed by atoms with Gasteiger partial charge in [-0.1, -0.05) is 25.4 Å². The van der Waals surface area contributed by atoms with Crippen LogP contribution in [0.5, 0.6) is 0 Å². The summed E-state index contributed by atoms with van der Waals surface area (Å²) in [4.78, 5) is 31.2. The fourth-order valence-electron chi connectivity index (χ4n) is 2.81. The predicted molar refractivity (Wildman–Crippen MR) is 98.8 cm³/mol. The standard InChI is InChI=1S/C19H14ClNO3S/c1-8(2)18-21-19-15(24-18)6-10(25-19)5-13-16(22)11-4-9(3)14(20)7-12(11)17(13)23/h4-8H,1-3H3/b13-5-. The number of hydrogen-bond donors (Lipinski definition) is 0. The van der Waals surface area contributed by atoms with Crippen molar-refractivity contribution in [3.63, 3.8) is 0 Å². The van der Waals surface area contributed by atoms with E-state index in [4.69, 9.17) is 16.0 Å². The maximum Gasteiger partial charge on any atom is 0.198 e. The number of rotatable bonds is 2. The first-order valence-electron chi connectivity index (χ1n) is 7.86. The smallest absolute Gasteiger partial charge is 0.198 e. The van der Waals surface area contributed by atoms with E-state index in [2.05, 4.69) is 4.98 Å². The third-order valence-electron chi connectivity index (χ3n) is 4.18. The van der Waals surface area contributed by atoms with Crippen molar-refractivity contribution < 1.29 is 14.0 Å². The highest BCUT2D eigenvalue weighted by Gasteiger charge is 2.34. The lowest BCUT2D eigenvalue weighted by Gasteiger charge is -2.00. The number of aryl methyl sites for hydroxylation is 1. The van der Waals surface area contributed by atoms with Gasteiger partial charge in [0.2, 0.25) is 0 Å². The number of carbonyl (C=O) groups is 2. The number of allylic oxidation sites excluding steroid dienone is 1. The first kappa shape index (κ1) is 16.2. The lowest BCUT2D eigenvalue weighted by molar-refractivity contribution is 0.0990. The highest BCUT2D eigenvalue weighted by Crippen LogP contribution is 2.34. The Bertz CT molecular complexity index is 1010. The minimum atomic E-state index is -0.289. The number of benzene rings is 1. The highest BCUT2D eigenvalue weighted by molar-refractivity contribution is 7.19. The van der Waals surface area contributed by atoms with E-state index < -0.39 is 0 Å². The zero-order valence-corrected chi connectivity index (χ0v) is 15.4. The zero-order chi connectivity index (χ0) is 17.9. The Labute approximate surface area is 153 Å². The topological polar surface area (TPSA) is 60.2 Å². The third-order valence-corrected chi connectivity index (χ3v) is 5.55. The molecule has 0 unspecified atom stereocenters. The highest BCUT2D eigenvalue weighted by atomic mass is 35.5. The molecule has 1 aromatic carbocycles. The molecular weight excluding hydrogens is 358 g/mol. The van der Waals surface area contributed by atoms with Crippen molar-refractivity contribution in [1.29, 1.82) is 0 Å². The van der Waals surface area contributed by atoms with Gasteiger partial charge in [0, 0.05) is 33.0 Å². The van der Waals surface area contributed by atoms with Crippen LogP contribution in [0.4, 0.5) is 0 Å². The molecule has 0 atom stereocenters. The molecule has 0 spiro atoms. The molecule has 4 nitrogen and oxygen atoms in total. The fraction of sp³-hybridized carbons (Fsp3) is 0.211. The van der Waals surface area contributed by atoms with Gasteiger partial charge in [-0.2, -0.15) is 0 Å². The number of nitrogens with zero attached hydrogens (tertiary/aromatic N) is 1. The maximum atomic E-state index is 12.6. The average molecular weight is 372 g/mol. The summed E-state index contributed by atoms with van der Waals surface area (Å²) in [5.41, 5.74) is 2.40. The molecule has 0 bridgehead atoms. The summed E-state index contributed by atoms with van der Waals surface area (Å²) in [5.74, 6) is 0.344. The quantitative estimate of drug-likeness (QED) is 0.444. The van der Waals surface area contributed by atoms with E-state index in [1.165, 1.54) is 11.3 Å². The maximum absolute atomic E-state index is 12.6. The van der Waals surface area contributed by atoms with Crippen LogP contribution in [0.2, 0.25) is 5.02 Å². The van der Waals surface area contributed by atoms with Crippen LogP contribution < -0.4 is 0 Å². The summed E-state index contributed by atoms with van der Waals surface area (Å²) < 4.78 is 5.70. The fourth-order valence-corrected chi connectivity index (χ4v) is 3.88. The normalized spacial score (nSPS) is 15.8. The predicted octanol–water partition coefficient (Wildman–Crippen LogP) is 5.44. The van der Waals surface area contributed by atoms with Gasteiger partial charge >= 0.3 is 0 Å². The number of hydrogen-bond acceptors (Lipinski definition) is 5. The molecule has 0 aliphatic heterocycles. The first-order chi connectivity index (χ1) is 11.8. The van der Waals surface area contributed by atoms with Crippen molar-refractivity contribution >= 4 is 51.0 Å². The van der Waals surface area contributed by atoms with Crippen molar-refractivity contribution in [2.24, 2.45) is 0 Å². The van der Waals surface area contributed by atoms with Crippen LogP contribution in [0.25, 0.3) is 16.5 Å². The molecule has 0 fully saturated rings. The molecule has 0 saturated heterocycles. The number of thiophene rings is 1. The van der Waals surface area contributed by atoms with Crippen molar-refractivity contribution in [2.45, 2.75) is 26.7 Å². The molecular formula is C19H14ClNO3S. The monoisotopic (exact) mass is 371 g/mol. The van der Waals surface area contributed by atoms with E-state index in [0.29, 0.717) is 27.6 Å². The van der Waals surface area contributed by atoms with Crippen molar-refractivity contribution in [3.05, 3.63) is 56.3 Å². The third kappa shape index (κ3) is 2.55. The van der Waals surface area contributed by atoms with Gasteiger partial charge in [0.05, 0.1) is 5.57 Å². The van der Waals surface area contributed by atoms with Crippen molar-refractivity contribution in [3.8, 4) is 0 Å². The van der Waals surface area contributed by atoms with Crippen LogP contribution in [0, 0.1) is 6.92 Å². The molecule has 25 heavy (non-hydrogen) atoms. The van der Waals surface area contributed by atoms with E-state index in [0.717, 1.165) is 15.3 Å². The SMILES string of the molecule is Cc1cc2c(cc1Cl)C(=O)/C(=C\c1cc3oc(C(C)C)nc3s1)C2=O. The van der Waals surface area contributed by atoms with Crippen molar-refractivity contribution in [2.75, 3.05) is 0 Å². The minimum Gasteiger partial charge on any atom is -0.439 e. The van der Waals surface area contributed by atoms with Gasteiger partial charge in [0.1, 0.15) is 0 Å². The molecule has 0 N–H and O–H groups in total. The van der Waals surface area contributed by atoms with Crippen LogP contribution in [-0.2, 0) is 0 Å². The summed E-state index contributed by atoms with van der Waals surface area (Å²) in [6.07, 6.45) is 1.62. The second kappa shape index (κ2) is 5.64. The van der Waals surface area contributed by atoms with Gasteiger partial charge in [-0.3, -0.25) is 9.59 Å². The zero-order valence-electron chi connectivity index (χ0n) is 13.8. The molecule has 4 rings (SSSR count). The summed E-state index contributed by atoms with van der Waals surface area (Å²) in [6, 6.07) is 5.06. The Morgan fingerprint density at radius 1 is 1.16 bits per heavy atom. The first-order valence-corrected chi connectivity index (χ1v) is 9.06. The molecule has 0 saturated carbocycles. The average Bonchev–Trinajstić information content (AvgIpc) is 3.17. The number of halogens is 1. The number of ketones is 2. The molecule has 1 aliphatic rings. The summed E-state index contributed by atoms with van der Waals surface area (Å²) in [5, 5.41) is 0.486. The van der Waals surface area contributed by atoms with E-state index in [1.807, 2.05) is 26.8 Å². The van der Waals surface area contributed by atoms with E-state index >= 15 is 0 Å². The van der Waals surface area contributed by atoms with Crippen molar-refractivity contribution in [1.82, 2.24) is 4.98 Å². The molecule has 1 aliphatic carbocycles. The number of oxazole rings is 1. The van der Waals surface area contributed by atoms with Gasteiger partial charge in [0.25, 0.3) is 0 Å². The Morgan fingerprint density at radius 3 is 2.48 bits per heavy atom. The van der Waals surface area contributed by atoms with E-state index in [9.17, 15) is 9.59 Å². The van der Waals surface area contributed by atoms with Crippen LogP contribution >= 0.6 is 22.9 Å². The summed E-state index contributed by atoms with van der Waals surface area (Å²) >= 11 is 7.49. The number of aromatic nitrogens is 1. The van der Waals surface area contributed by atoms with Crippen LogP contribution in [0.15, 0.2) is 28.2 Å². The number of fused-ring (bicyclic) bond motifs is 2. The molecule has 6 heteroatoms. The van der Waals surface area contributed by atoms with Crippen LogP contribution in [0.3, 0.4) is 0 Å². The second-order valence-electron chi connectivity index (χ2n) is 6.39. The molecule has 126 valence electrons. The van der Waals surface area contributed by atoms with Gasteiger partial charge in [-0.15, -0.1) is 11.3 Å². The Kier molecular flexibility index (Phi) is 3.67. The molecule has 2 aromatic heterocycles. The lowest BCUT2D eigenvalue weighted by atomic mass is 10.1. The number of carbonyl (C=O) groups excluding carboxylic acids is 2. The Balaban J connectivity index is 1.76. The summed E-state index contributed by atoms with van der Waals surface area (Å²) in [6.45, 7) is 5.84. The lowest BCUT2D eigenvalue weighted by Crippen LogP contribution is -1.99. The molecule has 0 amide bonds. The van der Waals surface area contributed by atoms with Gasteiger partial charge in [-0.05, 0) is 30.7 Å². The van der Waals surface area contributed by atoms with E-state index in [-0.39, 0.29) is 23.1 Å². The molecule has 3 aromatic rings. The summed E-state index contributed by atoms with van der Waals surface area (Å²) in [7, 11) is 0. The van der Waals surface area contributed by atoms with Gasteiger partial charge < -0.3 is 4.42 Å². The number of Topliss-reactive ketones (excluding diaryl/α,β-unsaturated/α-hetero) is 2.